The van der Waals surface area contributed by atoms with Gasteiger partial charge in [-0.05, 0) is 30.5 Å². The second-order valence-electron chi connectivity index (χ2n) is 8.12. The first-order valence-electron chi connectivity index (χ1n) is 10.5. The number of fused-ring (bicyclic) bond motifs is 1. The van der Waals surface area contributed by atoms with Gasteiger partial charge in [-0.2, -0.15) is 0 Å². The van der Waals surface area contributed by atoms with Crippen LogP contribution in [-0.4, -0.2) is 53.8 Å². The van der Waals surface area contributed by atoms with E-state index in [2.05, 4.69) is 12.1 Å². The Bertz CT molecular complexity index is 1060. The molecule has 3 aromatic rings. The molecule has 30 heavy (non-hydrogen) atoms. The Hall–Kier alpha value is -3.21. The van der Waals surface area contributed by atoms with Crippen LogP contribution in [0.15, 0.2) is 60.7 Å². The summed E-state index contributed by atoms with van der Waals surface area (Å²) >= 11 is 0. The highest BCUT2D eigenvalue weighted by Gasteiger charge is 2.29. The van der Waals surface area contributed by atoms with Gasteiger partial charge in [-0.3, -0.25) is 14.6 Å². The van der Waals surface area contributed by atoms with Gasteiger partial charge in [-0.1, -0.05) is 48.5 Å². The third kappa shape index (κ3) is 4.20. The maximum absolute atomic E-state index is 12.8. The zero-order valence-electron chi connectivity index (χ0n) is 17.5. The smallest absolute Gasteiger partial charge is 0.254 e. The molecule has 1 aliphatic heterocycles. The number of likely N-dealkylation sites (tertiary alicyclic amines) is 1. The Labute approximate surface area is 177 Å². The van der Waals surface area contributed by atoms with Crippen LogP contribution in [0.4, 0.5) is 0 Å². The topological polar surface area (TPSA) is 53.5 Å². The van der Waals surface area contributed by atoms with Crippen molar-refractivity contribution >= 4 is 22.7 Å². The van der Waals surface area contributed by atoms with E-state index in [4.69, 9.17) is 4.98 Å². The van der Waals surface area contributed by atoms with Gasteiger partial charge in [0.2, 0.25) is 5.91 Å². The molecular weight excluding hydrogens is 374 g/mol. The summed E-state index contributed by atoms with van der Waals surface area (Å²) in [7, 11) is 3.53. The van der Waals surface area contributed by atoms with Crippen molar-refractivity contribution in [2.45, 2.75) is 25.2 Å². The fourth-order valence-corrected chi connectivity index (χ4v) is 4.11. The number of pyridine rings is 1. The van der Waals surface area contributed by atoms with Crippen molar-refractivity contribution in [3.63, 3.8) is 0 Å². The van der Waals surface area contributed by atoms with Gasteiger partial charge in [0.1, 0.15) is 0 Å². The lowest BCUT2D eigenvalue weighted by atomic mass is 9.99. The highest BCUT2D eigenvalue weighted by Crippen LogP contribution is 2.30. The number of hydrogen-bond donors (Lipinski definition) is 0. The first-order chi connectivity index (χ1) is 14.5. The Balaban J connectivity index is 1.51. The summed E-state index contributed by atoms with van der Waals surface area (Å²) in [6, 6.07) is 19.8. The van der Waals surface area contributed by atoms with Crippen LogP contribution in [-0.2, 0) is 11.2 Å². The minimum Gasteiger partial charge on any atom is -0.345 e. The van der Waals surface area contributed by atoms with Crippen molar-refractivity contribution in [2.75, 3.05) is 27.2 Å². The quantitative estimate of drug-likeness (QED) is 0.652. The number of carbonyl (C=O) groups is 2. The third-order valence-electron chi connectivity index (χ3n) is 5.80. The van der Waals surface area contributed by atoms with Gasteiger partial charge in [0.25, 0.3) is 5.91 Å². The van der Waals surface area contributed by atoms with Crippen LogP contribution < -0.4 is 0 Å². The largest absolute Gasteiger partial charge is 0.345 e. The SMILES string of the molecule is CN(C)C(=O)c1cc([C@@H]2CCN(C(=O)CCc3ccccc3)C2)nc2ccccc12. The number of rotatable bonds is 5. The van der Waals surface area contributed by atoms with E-state index >= 15 is 0 Å². The lowest BCUT2D eigenvalue weighted by Gasteiger charge is -2.18. The van der Waals surface area contributed by atoms with Crippen LogP contribution in [0.5, 0.6) is 0 Å². The number of para-hydroxylation sites is 1. The van der Waals surface area contributed by atoms with Crippen LogP contribution in [0.2, 0.25) is 0 Å². The number of aryl methyl sites for hydroxylation is 1. The van der Waals surface area contributed by atoms with Gasteiger partial charge >= 0.3 is 0 Å². The number of amides is 2. The normalized spacial score (nSPS) is 16.1. The summed E-state index contributed by atoms with van der Waals surface area (Å²) in [5.74, 6) is 0.319. The zero-order valence-corrected chi connectivity index (χ0v) is 17.5. The molecule has 4 rings (SSSR count). The molecular formula is C25H27N3O2. The lowest BCUT2D eigenvalue weighted by molar-refractivity contribution is -0.130. The second kappa shape index (κ2) is 8.66. The molecule has 0 unspecified atom stereocenters. The van der Waals surface area contributed by atoms with E-state index in [0.717, 1.165) is 36.0 Å². The molecule has 1 atom stereocenters. The molecule has 2 amide bonds. The summed E-state index contributed by atoms with van der Waals surface area (Å²) < 4.78 is 0. The number of nitrogens with zero attached hydrogens (tertiary/aromatic N) is 3. The zero-order chi connectivity index (χ0) is 21.1. The summed E-state index contributed by atoms with van der Waals surface area (Å²) in [6.45, 7) is 1.40. The summed E-state index contributed by atoms with van der Waals surface area (Å²) in [5, 5.41) is 0.869. The Morgan fingerprint density at radius 2 is 1.80 bits per heavy atom. The van der Waals surface area contributed by atoms with Crippen LogP contribution in [0.3, 0.4) is 0 Å². The summed E-state index contributed by atoms with van der Waals surface area (Å²) in [5.41, 5.74) is 3.59. The number of hydrogen-bond acceptors (Lipinski definition) is 3. The van der Waals surface area contributed by atoms with Gasteiger partial charge in [0.15, 0.2) is 0 Å². The van der Waals surface area contributed by atoms with E-state index in [1.54, 1.807) is 19.0 Å². The first-order valence-corrected chi connectivity index (χ1v) is 10.5. The van der Waals surface area contributed by atoms with Gasteiger partial charge in [0, 0.05) is 50.6 Å². The van der Waals surface area contributed by atoms with Crippen molar-refractivity contribution in [1.29, 1.82) is 0 Å². The summed E-state index contributed by atoms with van der Waals surface area (Å²) in [6.07, 6.45) is 2.15. The highest BCUT2D eigenvalue weighted by molar-refractivity contribution is 6.06. The predicted molar refractivity (Wildman–Crippen MR) is 118 cm³/mol. The molecule has 1 aromatic heterocycles. The fourth-order valence-electron chi connectivity index (χ4n) is 4.11. The first kappa shape index (κ1) is 20.1. The fraction of sp³-hybridized carbons (Fsp3) is 0.320. The van der Waals surface area contributed by atoms with Crippen LogP contribution in [0.25, 0.3) is 10.9 Å². The molecule has 0 spiro atoms. The van der Waals surface area contributed by atoms with Gasteiger partial charge < -0.3 is 9.80 Å². The molecule has 0 N–H and O–H groups in total. The predicted octanol–water partition coefficient (Wildman–Crippen LogP) is 3.89. The molecule has 5 nitrogen and oxygen atoms in total. The van der Waals surface area contributed by atoms with E-state index < -0.39 is 0 Å². The molecule has 1 fully saturated rings. The molecule has 2 aromatic carbocycles. The molecule has 0 saturated carbocycles. The number of aromatic nitrogens is 1. The molecule has 1 saturated heterocycles. The summed E-state index contributed by atoms with van der Waals surface area (Å²) in [4.78, 5) is 33.8. The van der Waals surface area contributed by atoms with E-state index in [0.29, 0.717) is 18.5 Å². The molecule has 0 radical (unpaired) electrons. The molecule has 0 aliphatic carbocycles. The number of carbonyl (C=O) groups excluding carboxylic acids is 2. The van der Waals surface area contributed by atoms with E-state index in [9.17, 15) is 9.59 Å². The average Bonchev–Trinajstić information content (AvgIpc) is 3.27. The van der Waals surface area contributed by atoms with Crippen molar-refractivity contribution in [2.24, 2.45) is 0 Å². The maximum Gasteiger partial charge on any atom is 0.254 e. The molecule has 0 bridgehead atoms. The van der Waals surface area contributed by atoms with Crippen molar-refractivity contribution in [3.8, 4) is 0 Å². The minimum atomic E-state index is -0.0244. The average molecular weight is 402 g/mol. The van der Waals surface area contributed by atoms with Crippen LogP contribution >= 0.6 is 0 Å². The third-order valence-corrected chi connectivity index (χ3v) is 5.80. The molecule has 154 valence electrons. The second-order valence-corrected chi connectivity index (χ2v) is 8.12. The van der Waals surface area contributed by atoms with Gasteiger partial charge in [0.05, 0.1) is 11.1 Å². The van der Waals surface area contributed by atoms with Gasteiger partial charge in [-0.25, -0.2) is 0 Å². The maximum atomic E-state index is 12.8. The highest BCUT2D eigenvalue weighted by atomic mass is 16.2. The van der Waals surface area contributed by atoms with Crippen LogP contribution in [0, 0.1) is 0 Å². The minimum absolute atomic E-state index is 0.0244. The van der Waals surface area contributed by atoms with Crippen LogP contribution in [0.1, 0.15) is 40.4 Å². The van der Waals surface area contributed by atoms with Gasteiger partial charge in [-0.15, -0.1) is 0 Å². The molecule has 1 aliphatic rings. The van der Waals surface area contributed by atoms with Crippen molar-refractivity contribution in [1.82, 2.24) is 14.8 Å². The Morgan fingerprint density at radius 1 is 1.07 bits per heavy atom. The van der Waals surface area contributed by atoms with E-state index in [-0.39, 0.29) is 17.7 Å². The molecule has 5 heteroatoms. The standard InChI is InChI=1S/C25H27N3O2/c1-27(2)25(30)21-16-23(26-22-11-7-6-10-20(21)22)19-14-15-28(17-19)24(29)13-12-18-8-4-3-5-9-18/h3-11,16,19H,12-15,17H2,1-2H3/t19-/m1/s1. The lowest BCUT2D eigenvalue weighted by Crippen LogP contribution is -2.28. The number of benzene rings is 2. The van der Waals surface area contributed by atoms with Crippen molar-refractivity contribution in [3.05, 3.63) is 77.5 Å². The molecule has 2 heterocycles. The Kier molecular flexibility index (Phi) is 5.79. The Morgan fingerprint density at radius 3 is 2.57 bits per heavy atom. The van der Waals surface area contributed by atoms with E-state index in [1.807, 2.05) is 53.4 Å². The van der Waals surface area contributed by atoms with E-state index in [1.165, 1.54) is 5.56 Å². The monoisotopic (exact) mass is 401 g/mol. The van der Waals surface area contributed by atoms with Crippen molar-refractivity contribution < 1.29 is 9.59 Å².